The van der Waals surface area contributed by atoms with Gasteiger partial charge in [0.25, 0.3) is 0 Å². The third-order valence-corrected chi connectivity index (χ3v) is 4.28. The highest BCUT2D eigenvalue weighted by atomic mass is 32.2. The van der Waals surface area contributed by atoms with Crippen LogP contribution in [-0.2, 0) is 9.84 Å². The van der Waals surface area contributed by atoms with E-state index in [9.17, 15) is 18.6 Å². The van der Waals surface area contributed by atoms with Crippen LogP contribution in [0.5, 0.6) is 0 Å². The van der Waals surface area contributed by atoms with E-state index in [1.807, 2.05) is 6.92 Å². The quantitative estimate of drug-likeness (QED) is 0.565. The third-order valence-electron chi connectivity index (χ3n) is 2.56. The molecule has 3 unspecified atom stereocenters. The van der Waals surface area contributed by atoms with Gasteiger partial charge in [-0.2, -0.15) is 0 Å². The molecule has 90 valence electrons. The molecule has 0 aromatic carbocycles. The minimum absolute atomic E-state index is 0.0347. The van der Waals surface area contributed by atoms with Crippen molar-refractivity contribution in [1.29, 1.82) is 0 Å². The highest BCUT2D eigenvalue weighted by Gasteiger charge is 2.36. The van der Waals surface area contributed by atoms with Gasteiger partial charge >= 0.3 is 0 Å². The predicted molar refractivity (Wildman–Crippen MR) is 57.4 cm³/mol. The maximum Gasteiger partial charge on any atom is 0.154 e. The Morgan fingerprint density at radius 1 is 1.47 bits per heavy atom. The van der Waals surface area contributed by atoms with Gasteiger partial charge in [0.05, 0.1) is 23.7 Å². The summed E-state index contributed by atoms with van der Waals surface area (Å²) in [5.74, 6) is -0.207. The summed E-state index contributed by atoms with van der Waals surface area (Å²) < 4.78 is 22.3. The van der Waals surface area contributed by atoms with Crippen LogP contribution in [0.15, 0.2) is 0 Å². The molecule has 6 heteroatoms. The van der Waals surface area contributed by atoms with Crippen molar-refractivity contribution in [2.24, 2.45) is 0 Å². The lowest BCUT2D eigenvalue weighted by molar-refractivity contribution is 0.130. The van der Waals surface area contributed by atoms with Gasteiger partial charge in [-0.05, 0) is 6.42 Å². The maximum absolute atomic E-state index is 11.2. The van der Waals surface area contributed by atoms with Crippen LogP contribution in [0.25, 0.3) is 0 Å². The average Bonchev–Trinajstić information content (AvgIpc) is 2.36. The lowest BCUT2D eigenvalue weighted by Gasteiger charge is -2.17. The van der Waals surface area contributed by atoms with Crippen LogP contribution >= 0.6 is 0 Å². The number of rotatable bonds is 5. The van der Waals surface area contributed by atoms with Gasteiger partial charge in [-0.15, -0.1) is 0 Å². The van der Waals surface area contributed by atoms with E-state index in [2.05, 4.69) is 5.32 Å². The summed E-state index contributed by atoms with van der Waals surface area (Å²) in [5, 5.41) is 21.8. The van der Waals surface area contributed by atoms with Crippen LogP contribution in [0, 0.1) is 0 Å². The Bertz CT molecular complexity index is 290. The van der Waals surface area contributed by atoms with Crippen molar-refractivity contribution in [3.8, 4) is 0 Å². The zero-order valence-electron chi connectivity index (χ0n) is 8.89. The minimum atomic E-state index is -3.10. The molecule has 0 saturated carbocycles. The van der Waals surface area contributed by atoms with Gasteiger partial charge in [0.15, 0.2) is 9.84 Å². The Hall–Kier alpha value is -0.170. The van der Waals surface area contributed by atoms with Crippen LogP contribution in [0.4, 0.5) is 0 Å². The molecule has 1 fully saturated rings. The molecule has 0 bridgehead atoms. The van der Waals surface area contributed by atoms with Crippen molar-refractivity contribution >= 4 is 9.84 Å². The highest BCUT2D eigenvalue weighted by Crippen LogP contribution is 2.12. The molecule has 0 amide bonds. The van der Waals surface area contributed by atoms with Gasteiger partial charge in [0, 0.05) is 12.6 Å². The molecule has 0 spiro atoms. The number of hydrogen-bond acceptors (Lipinski definition) is 5. The van der Waals surface area contributed by atoms with Crippen molar-refractivity contribution in [2.45, 2.75) is 38.0 Å². The first-order chi connectivity index (χ1) is 6.94. The Balaban J connectivity index is 2.34. The zero-order valence-corrected chi connectivity index (χ0v) is 9.70. The van der Waals surface area contributed by atoms with Crippen LogP contribution in [-0.4, -0.2) is 54.9 Å². The Morgan fingerprint density at radius 3 is 2.60 bits per heavy atom. The first-order valence-electron chi connectivity index (χ1n) is 5.24. The highest BCUT2D eigenvalue weighted by molar-refractivity contribution is 7.91. The molecule has 3 atom stereocenters. The third kappa shape index (κ3) is 4.06. The molecular formula is C9H19NO4S. The molecule has 3 N–H and O–H groups in total. The van der Waals surface area contributed by atoms with Crippen LogP contribution in [0.1, 0.15) is 19.8 Å². The van der Waals surface area contributed by atoms with E-state index in [1.165, 1.54) is 0 Å². The normalized spacial score (nSPS) is 31.7. The molecule has 1 aliphatic rings. The summed E-state index contributed by atoms with van der Waals surface area (Å²) in [6.07, 6.45) is 0.256. The van der Waals surface area contributed by atoms with Crippen molar-refractivity contribution in [3.63, 3.8) is 0 Å². The molecule has 0 aromatic heterocycles. The van der Waals surface area contributed by atoms with Gasteiger partial charge in [-0.3, -0.25) is 0 Å². The summed E-state index contributed by atoms with van der Waals surface area (Å²) in [5.41, 5.74) is 0. The monoisotopic (exact) mass is 237 g/mol. The Morgan fingerprint density at radius 2 is 2.13 bits per heavy atom. The van der Waals surface area contributed by atoms with Crippen molar-refractivity contribution in [1.82, 2.24) is 5.32 Å². The molecule has 0 aromatic rings. The number of sulfone groups is 1. The largest absolute Gasteiger partial charge is 0.392 e. The molecule has 1 aliphatic heterocycles. The predicted octanol–water partition coefficient (Wildman–Crippen LogP) is -1.11. The standard InChI is InChI=1S/C9H19NO4S/c1-2-3-7(11)4-10-8-5-15(13,14)6-9(8)12/h7-12H,2-6H2,1H3. The lowest BCUT2D eigenvalue weighted by atomic mass is 10.1. The number of aliphatic hydroxyl groups is 2. The van der Waals surface area contributed by atoms with E-state index in [4.69, 9.17) is 0 Å². The van der Waals surface area contributed by atoms with E-state index in [-0.39, 0.29) is 11.5 Å². The Kier molecular flexibility index (Phi) is 4.51. The molecule has 15 heavy (non-hydrogen) atoms. The SMILES string of the molecule is CCCC(O)CNC1CS(=O)(=O)CC1O. The van der Waals surface area contributed by atoms with Crippen LogP contribution in [0.2, 0.25) is 0 Å². The van der Waals surface area contributed by atoms with Crippen LogP contribution < -0.4 is 5.32 Å². The topological polar surface area (TPSA) is 86.6 Å². The number of hydrogen-bond donors (Lipinski definition) is 3. The van der Waals surface area contributed by atoms with Crippen molar-refractivity contribution in [3.05, 3.63) is 0 Å². The summed E-state index contributed by atoms with van der Waals surface area (Å²) in [6.45, 7) is 2.31. The van der Waals surface area contributed by atoms with Crippen molar-refractivity contribution in [2.75, 3.05) is 18.1 Å². The van der Waals surface area contributed by atoms with E-state index < -0.39 is 28.1 Å². The second kappa shape index (κ2) is 5.25. The number of aliphatic hydroxyl groups excluding tert-OH is 2. The summed E-state index contributed by atoms with van der Waals surface area (Å²) in [6, 6.07) is -0.429. The second-order valence-corrected chi connectivity index (χ2v) is 6.26. The van der Waals surface area contributed by atoms with E-state index in [0.717, 1.165) is 6.42 Å². The van der Waals surface area contributed by atoms with Crippen molar-refractivity contribution < 1.29 is 18.6 Å². The van der Waals surface area contributed by atoms with Gasteiger partial charge < -0.3 is 15.5 Å². The molecule has 0 aliphatic carbocycles. The van der Waals surface area contributed by atoms with E-state index in [1.54, 1.807) is 0 Å². The molecular weight excluding hydrogens is 218 g/mol. The fraction of sp³-hybridized carbons (Fsp3) is 1.00. The molecule has 1 rings (SSSR count). The van der Waals surface area contributed by atoms with Crippen LogP contribution in [0.3, 0.4) is 0 Å². The van der Waals surface area contributed by atoms with E-state index >= 15 is 0 Å². The first-order valence-corrected chi connectivity index (χ1v) is 7.06. The van der Waals surface area contributed by atoms with Gasteiger partial charge in [-0.25, -0.2) is 8.42 Å². The van der Waals surface area contributed by atoms with E-state index in [0.29, 0.717) is 13.0 Å². The minimum Gasteiger partial charge on any atom is -0.392 e. The average molecular weight is 237 g/mol. The molecule has 5 nitrogen and oxygen atoms in total. The zero-order chi connectivity index (χ0) is 11.5. The van der Waals surface area contributed by atoms with Gasteiger partial charge in [0.2, 0.25) is 0 Å². The van der Waals surface area contributed by atoms with Gasteiger partial charge in [-0.1, -0.05) is 13.3 Å². The summed E-state index contributed by atoms with van der Waals surface area (Å²) >= 11 is 0. The summed E-state index contributed by atoms with van der Waals surface area (Å²) in [4.78, 5) is 0. The fourth-order valence-corrected chi connectivity index (χ4v) is 3.52. The summed E-state index contributed by atoms with van der Waals surface area (Å²) in [7, 11) is -3.10. The fourth-order valence-electron chi connectivity index (χ4n) is 1.75. The lowest BCUT2D eigenvalue weighted by Crippen LogP contribution is -2.42. The Labute approximate surface area is 90.4 Å². The second-order valence-electron chi connectivity index (χ2n) is 4.10. The first kappa shape index (κ1) is 12.9. The molecule has 1 saturated heterocycles. The molecule has 1 heterocycles. The van der Waals surface area contributed by atoms with Gasteiger partial charge in [0.1, 0.15) is 0 Å². The smallest absolute Gasteiger partial charge is 0.154 e. The molecule has 0 radical (unpaired) electrons. The maximum atomic E-state index is 11.2. The number of nitrogens with one attached hydrogen (secondary N) is 1.